The van der Waals surface area contributed by atoms with E-state index in [1.54, 1.807) is 0 Å². The minimum atomic E-state index is 0.161. The van der Waals surface area contributed by atoms with E-state index in [0.29, 0.717) is 6.42 Å². The normalized spacial score (nSPS) is 10.9. The van der Waals surface area contributed by atoms with E-state index in [1.165, 1.54) is 0 Å². The monoisotopic (exact) mass is 273 g/mol. The van der Waals surface area contributed by atoms with Crippen LogP contribution in [0, 0.1) is 0 Å². The van der Waals surface area contributed by atoms with Gasteiger partial charge in [-0.15, -0.1) is 0 Å². The molecule has 0 aliphatic carbocycles. The summed E-state index contributed by atoms with van der Waals surface area (Å²) < 4.78 is 10.7. The van der Waals surface area contributed by atoms with Crippen LogP contribution >= 0.6 is 0 Å². The summed E-state index contributed by atoms with van der Waals surface area (Å²) in [5, 5.41) is 2.95. The Morgan fingerprint density at radius 1 is 1.05 bits per heavy atom. The molecular formula is C15H31NO3. The number of hydrogen-bond donors (Lipinski definition) is 1. The molecule has 0 aliphatic rings. The van der Waals surface area contributed by atoms with Crippen LogP contribution in [0.2, 0.25) is 0 Å². The zero-order valence-corrected chi connectivity index (χ0v) is 12.9. The van der Waals surface area contributed by atoms with Gasteiger partial charge in [0.15, 0.2) is 0 Å². The number of carbonyl (C=O) groups excluding carboxylic acids is 1. The molecule has 0 unspecified atom stereocenters. The molecule has 0 spiro atoms. The molecule has 0 aliphatic heterocycles. The third kappa shape index (κ3) is 15.3. The maximum atomic E-state index is 11.5. The molecule has 0 saturated carbocycles. The molecule has 0 fully saturated rings. The van der Waals surface area contributed by atoms with E-state index in [2.05, 4.69) is 5.32 Å². The van der Waals surface area contributed by atoms with Crippen LogP contribution in [0.5, 0.6) is 0 Å². The third-order valence-corrected chi connectivity index (χ3v) is 2.74. The standard InChI is InChI=1S/C15H31NO3/c1-4-18-12-8-5-7-11-16-15(17)10-6-9-13-19-14(2)3/h14H,4-13H2,1-3H3,(H,16,17). The van der Waals surface area contributed by atoms with Crippen molar-refractivity contribution in [3.8, 4) is 0 Å². The van der Waals surface area contributed by atoms with Gasteiger partial charge < -0.3 is 14.8 Å². The number of unbranched alkanes of at least 4 members (excludes halogenated alkanes) is 3. The fourth-order valence-corrected chi connectivity index (χ4v) is 1.67. The molecule has 4 nitrogen and oxygen atoms in total. The number of ether oxygens (including phenoxy) is 2. The SMILES string of the molecule is CCOCCCCCNC(=O)CCCCOC(C)C. The van der Waals surface area contributed by atoms with E-state index in [0.717, 1.165) is 58.5 Å². The molecule has 0 atom stereocenters. The summed E-state index contributed by atoms with van der Waals surface area (Å²) in [6, 6.07) is 0. The van der Waals surface area contributed by atoms with E-state index >= 15 is 0 Å². The Morgan fingerprint density at radius 2 is 1.79 bits per heavy atom. The van der Waals surface area contributed by atoms with E-state index in [9.17, 15) is 4.79 Å². The molecule has 0 aromatic heterocycles. The fraction of sp³-hybridized carbons (Fsp3) is 0.933. The number of carbonyl (C=O) groups is 1. The van der Waals surface area contributed by atoms with Gasteiger partial charge in [0, 0.05) is 32.8 Å². The number of hydrogen-bond acceptors (Lipinski definition) is 3. The summed E-state index contributed by atoms with van der Waals surface area (Å²) in [6.07, 6.45) is 5.99. The fourth-order valence-electron chi connectivity index (χ4n) is 1.67. The Balaban J connectivity index is 3.17. The van der Waals surface area contributed by atoms with Crippen LogP contribution < -0.4 is 5.32 Å². The summed E-state index contributed by atoms with van der Waals surface area (Å²) in [5.41, 5.74) is 0. The van der Waals surface area contributed by atoms with Gasteiger partial charge in [0.05, 0.1) is 6.10 Å². The average molecular weight is 273 g/mol. The zero-order valence-electron chi connectivity index (χ0n) is 12.9. The molecule has 0 bridgehead atoms. The van der Waals surface area contributed by atoms with Crippen LogP contribution in [-0.4, -0.2) is 38.4 Å². The van der Waals surface area contributed by atoms with Crippen molar-refractivity contribution in [2.45, 2.75) is 65.4 Å². The second-order valence-corrected chi connectivity index (χ2v) is 4.98. The molecule has 1 N–H and O–H groups in total. The minimum Gasteiger partial charge on any atom is -0.382 e. The van der Waals surface area contributed by atoms with Gasteiger partial charge in [-0.1, -0.05) is 0 Å². The molecule has 0 saturated heterocycles. The summed E-state index contributed by atoms with van der Waals surface area (Å²) in [4.78, 5) is 11.5. The molecule has 19 heavy (non-hydrogen) atoms. The first-order chi connectivity index (χ1) is 9.16. The van der Waals surface area contributed by atoms with Gasteiger partial charge in [-0.25, -0.2) is 0 Å². The Hall–Kier alpha value is -0.610. The van der Waals surface area contributed by atoms with Gasteiger partial charge in [-0.3, -0.25) is 4.79 Å². The zero-order chi connectivity index (χ0) is 14.3. The Kier molecular flexibility index (Phi) is 13.4. The molecular weight excluding hydrogens is 242 g/mol. The van der Waals surface area contributed by atoms with Crippen molar-refractivity contribution in [1.29, 1.82) is 0 Å². The first kappa shape index (κ1) is 18.4. The van der Waals surface area contributed by atoms with Crippen molar-refractivity contribution in [3.63, 3.8) is 0 Å². The maximum absolute atomic E-state index is 11.5. The van der Waals surface area contributed by atoms with Crippen molar-refractivity contribution in [3.05, 3.63) is 0 Å². The quantitative estimate of drug-likeness (QED) is 0.525. The van der Waals surface area contributed by atoms with Crippen molar-refractivity contribution in [2.24, 2.45) is 0 Å². The lowest BCUT2D eigenvalue weighted by Crippen LogP contribution is -2.24. The minimum absolute atomic E-state index is 0.161. The highest BCUT2D eigenvalue weighted by Gasteiger charge is 2.00. The topological polar surface area (TPSA) is 47.6 Å². The Bertz CT molecular complexity index is 208. The first-order valence-electron chi connectivity index (χ1n) is 7.62. The number of amides is 1. The molecule has 0 radical (unpaired) electrons. The smallest absolute Gasteiger partial charge is 0.219 e. The van der Waals surface area contributed by atoms with Crippen molar-refractivity contribution >= 4 is 5.91 Å². The summed E-state index contributed by atoms with van der Waals surface area (Å²) in [7, 11) is 0. The van der Waals surface area contributed by atoms with E-state index in [4.69, 9.17) is 9.47 Å². The summed E-state index contributed by atoms with van der Waals surface area (Å²) in [6.45, 7) is 9.22. The predicted octanol–water partition coefficient (Wildman–Crippen LogP) is 2.90. The lowest BCUT2D eigenvalue weighted by molar-refractivity contribution is -0.121. The molecule has 0 rings (SSSR count). The first-order valence-corrected chi connectivity index (χ1v) is 7.62. The molecule has 114 valence electrons. The van der Waals surface area contributed by atoms with Crippen LogP contribution in [0.25, 0.3) is 0 Å². The number of rotatable bonds is 13. The Labute approximate surface area is 118 Å². The van der Waals surface area contributed by atoms with Crippen LogP contribution in [0.15, 0.2) is 0 Å². The lowest BCUT2D eigenvalue weighted by atomic mass is 10.2. The second-order valence-electron chi connectivity index (χ2n) is 4.98. The van der Waals surface area contributed by atoms with Gasteiger partial charge in [-0.05, 0) is 52.9 Å². The third-order valence-electron chi connectivity index (χ3n) is 2.74. The highest BCUT2D eigenvalue weighted by atomic mass is 16.5. The largest absolute Gasteiger partial charge is 0.382 e. The van der Waals surface area contributed by atoms with E-state index < -0.39 is 0 Å². The number of nitrogens with one attached hydrogen (secondary N) is 1. The van der Waals surface area contributed by atoms with Gasteiger partial charge in [0.1, 0.15) is 0 Å². The van der Waals surface area contributed by atoms with Crippen molar-refractivity contribution in [1.82, 2.24) is 5.32 Å². The maximum Gasteiger partial charge on any atom is 0.219 e. The van der Waals surface area contributed by atoms with Crippen LogP contribution in [0.1, 0.15) is 59.3 Å². The average Bonchev–Trinajstić information content (AvgIpc) is 2.37. The van der Waals surface area contributed by atoms with Crippen LogP contribution in [0.4, 0.5) is 0 Å². The van der Waals surface area contributed by atoms with Crippen LogP contribution in [-0.2, 0) is 14.3 Å². The van der Waals surface area contributed by atoms with E-state index in [1.807, 2.05) is 20.8 Å². The molecule has 4 heteroatoms. The van der Waals surface area contributed by atoms with Gasteiger partial charge in [0.2, 0.25) is 5.91 Å². The van der Waals surface area contributed by atoms with Gasteiger partial charge in [0.25, 0.3) is 0 Å². The Morgan fingerprint density at radius 3 is 2.47 bits per heavy atom. The van der Waals surface area contributed by atoms with Gasteiger partial charge >= 0.3 is 0 Å². The highest BCUT2D eigenvalue weighted by Crippen LogP contribution is 1.99. The van der Waals surface area contributed by atoms with E-state index in [-0.39, 0.29) is 12.0 Å². The van der Waals surface area contributed by atoms with Crippen molar-refractivity contribution < 1.29 is 14.3 Å². The predicted molar refractivity (Wildman–Crippen MR) is 78.3 cm³/mol. The van der Waals surface area contributed by atoms with Crippen LogP contribution in [0.3, 0.4) is 0 Å². The van der Waals surface area contributed by atoms with Crippen molar-refractivity contribution in [2.75, 3.05) is 26.4 Å². The lowest BCUT2D eigenvalue weighted by Gasteiger charge is -2.07. The molecule has 0 heterocycles. The molecule has 0 aromatic carbocycles. The highest BCUT2D eigenvalue weighted by molar-refractivity contribution is 5.75. The van der Waals surface area contributed by atoms with Gasteiger partial charge in [-0.2, -0.15) is 0 Å². The summed E-state index contributed by atoms with van der Waals surface area (Å²) in [5.74, 6) is 0.161. The molecule has 0 aromatic rings. The molecule has 1 amide bonds. The second kappa shape index (κ2) is 13.8. The summed E-state index contributed by atoms with van der Waals surface area (Å²) >= 11 is 0.